The molecule has 1 aromatic carbocycles. The lowest BCUT2D eigenvalue weighted by molar-refractivity contribution is -0.137. The van der Waals surface area contributed by atoms with Gasteiger partial charge in [0.1, 0.15) is 12.4 Å². The number of likely N-dealkylation sites (N-methyl/N-ethyl adjacent to an activating group) is 1. The van der Waals surface area contributed by atoms with Crippen molar-refractivity contribution in [2.45, 2.75) is 64.3 Å². The number of methoxy groups -OCH3 is 1. The molecule has 0 spiro atoms. The molecule has 5 nitrogen and oxygen atoms in total. The minimum atomic E-state index is -0.363. The molecule has 6 heteroatoms. The Morgan fingerprint density at radius 2 is 1.87 bits per heavy atom. The molecule has 2 fully saturated rings. The fourth-order valence-corrected chi connectivity index (χ4v) is 5.81. The first-order valence-electron chi connectivity index (χ1n) is 12.0. The van der Waals surface area contributed by atoms with E-state index in [1.54, 1.807) is 7.11 Å². The van der Waals surface area contributed by atoms with Gasteiger partial charge in [-0.3, -0.25) is 4.79 Å². The van der Waals surface area contributed by atoms with Crippen LogP contribution in [0, 0.1) is 11.8 Å². The van der Waals surface area contributed by atoms with Crippen molar-refractivity contribution in [2.75, 3.05) is 39.9 Å². The van der Waals surface area contributed by atoms with Gasteiger partial charge in [0.2, 0.25) is 5.91 Å². The lowest BCUT2D eigenvalue weighted by atomic mass is 9.83. The first-order chi connectivity index (χ1) is 15.0. The Labute approximate surface area is 196 Å². The van der Waals surface area contributed by atoms with Gasteiger partial charge in [-0.15, -0.1) is 0 Å². The molecule has 0 aromatic heterocycles. The highest BCUT2D eigenvalue weighted by atomic mass is 79.9. The molecule has 1 saturated heterocycles. The SMILES string of the molecule is CCN(C(=O)CO)[C@H]1CC[C@H](CCN2CCC(Cc3cc(OC)ccc3Br)CC2)CC1. The van der Waals surface area contributed by atoms with Crippen molar-refractivity contribution in [3.05, 3.63) is 28.2 Å². The summed E-state index contributed by atoms with van der Waals surface area (Å²) in [6, 6.07) is 6.60. The standard InChI is InChI=1S/C25H39BrN2O3/c1-3-28(25(30)18-29)22-6-4-19(5-7-22)10-13-27-14-11-20(12-15-27)16-21-17-23(31-2)8-9-24(21)26/h8-9,17,19-20,22,29H,3-7,10-16,18H2,1-2H3/t19-,22-. The van der Waals surface area contributed by atoms with Gasteiger partial charge in [-0.2, -0.15) is 0 Å². The number of hydrogen-bond donors (Lipinski definition) is 1. The maximum Gasteiger partial charge on any atom is 0.248 e. The van der Waals surface area contributed by atoms with E-state index in [4.69, 9.17) is 4.74 Å². The van der Waals surface area contributed by atoms with E-state index in [9.17, 15) is 9.90 Å². The Morgan fingerprint density at radius 3 is 2.48 bits per heavy atom. The summed E-state index contributed by atoms with van der Waals surface area (Å²) in [5.74, 6) is 2.35. The van der Waals surface area contributed by atoms with E-state index in [0.29, 0.717) is 12.6 Å². The van der Waals surface area contributed by atoms with Crippen molar-refractivity contribution in [3.8, 4) is 5.75 Å². The summed E-state index contributed by atoms with van der Waals surface area (Å²) >= 11 is 3.70. The molecular formula is C25H39BrN2O3. The first kappa shape index (κ1) is 24.5. The molecule has 1 aliphatic carbocycles. The van der Waals surface area contributed by atoms with Gasteiger partial charge < -0.3 is 19.6 Å². The number of benzene rings is 1. The zero-order valence-electron chi connectivity index (χ0n) is 19.2. The lowest BCUT2D eigenvalue weighted by Crippen LogP contribution is -2.43. The smallest absolute Gasteiger partial charge is 0.248 e. The second-order valence-corrected chi connectivity index (χ2v) is 10.1. The molecule has 174 valence electrons. The zero-order valence-corrected chi connectivity index (χ0v) is 20.8. The van der Waals surface area contributed by atoms with Gasteiger partial charge >= 0.3 is 0 Å². The number of ether oxygens (including phenoxy) is 1. The van der Waals surface area contributed by atoms with E-state index < -0.39 is 0 Å². The van der Waals surface area contributed by atoms with Crippen LogP contribution in [0.15, 0.2) is 22.7 Å². The molecule has 1 heterocycles. The Bertz CT molecular complexity index is 698. The largest absolute Gasteiger partial charge is 0.497 e. The van der Waals surface area contributed by atoms with Crippen LogP contribution in [-0.2, 0) is 11.2 Å². The number of amides is 1. The fraction of sp³-hybridized carbons (Fsp3) is 0.720. The van der Waals surface area contributed by atoms with E-state index in [2.05, 4.69) is 33.0 Å². The Balaban J connectivity index is 1.36. The predicted octanol–water partition coefficient (Wildman–Crippen LogP) is 4.50. The Hall–Kier alpha value is -1.11. The second-order valence-electron chi connectivity index (χ2n) is 9.25. The number of piperidine rings is 1. The van der Waals surface area contributed by atoms with Crippen LogP contribution in [0.25, 0.3) is 0 Å². The number of carbonyl (C=O) groups excluding carboxylic acids is 1. The van der Waals surface area contributed by atoms with Crippen LogP contribution in [0.5, 0.6) is 5.75 Å². The topological polar surface area (TPSA) is 53.0 Å². The van der Waals surface area contributed by atoms with Crippen molar-refractivity contribution in [1.82, 2.24) is 9.80 Å². The summed E-state index contributed by atoms with van der Waals surface area (Å²) in [5.41, 5.74) is 1.36. The van der Waals surface area contributed by atoms with Crippen molar-refractivity contribution in [3.63, 3.8) is 0 Å². The molecule has 1 N–H and O–H groups in total. The highest BCUT2D eigenvalue weighted by Gasteiger charge is 2.28. The average Bonchev–Trinajstić information content (AvgIpc) is 2.81. The maximum atomic E-state index is 11.9. The van der Waals surface area contributed by atoms with Crippen LogP contribution in [0.2, 0.25) is 0 Å². The third kappa shape index (κ3) is 6.93. The molecule has 0 bridgehead atoms. The first-order valence-corrected chi connectivity index (χ1v) is 12.8. The zero-order chi connectivity index (χ0) is 22.2. The molecular weight excluding hydrogens is 456 g/mol. The summed E-state index contributed by atoms with van der Waals surface area (Å²) in [7, 11) is 1.73. The monoisotopic (exact) mass is 494 g/mol. The molecule has 1 amide bonds. The normalized spacial score (nSPS) is 23.0. The van der Waals surface area contributed by atoms with Crippen molar-refractivity contribution >= 4 is 21.8 Å². The number of halogens is 1. The van der Waals surface area contributed by atoms with Crippen LogP contribution in [0.4, 0.5) is 0 Å². The van der Waals surface area contributed by atoms with Crippen LogP contribution in [0.3, 0.4) is 0 Å². The molecule has 1 aliphatic heterocycles. The predicted molar refractivity (Wildman–Crippen MR) is 128 cm³/mol. The van der Waals surface area contributed by atoms with E-state index in [0.717, 1.165) is 36.8 Å². The third-order valence-corrected chi connectivity index (χ3v) is 8.15. The van der Waals surface area contributed by atoms with E-state index in [1.807, 2.05) is 17.9 Å². The summed E-state index contributed by atoms with van der Waals surface area (Å²) in [6.45, 7) is 5.97. The number of aliphatic hydroxyl groups is 1. The molecule has 0 unspecified atom stereocenters. The van der Waals surface area contributed by atoms with Gasteiger partial charge in [0.05, 0.1) is 7.11 Å². The fourth-order valence-electron chi connectivity index (χ4n) is 5.40. The van der Waals surface area contributed by atoms with Gasteiger partial charge in [0, 0.05) is 17.1 Å². The maximum absolute atomic E-state index is 11.9. The van der Waals surface area contributed by atoms with Gasteiger partial charge in [-0.1, -0.05) is 15.9 Å². The number of nitrogens with zero attached hydrogens (tertiary/aromatic N) is 2. The van der Waals surface area contributed by atoms with Crippen LogP contribution in [-0.4, -0.2) is 66.8 Å². The number of carbonyl (C=O) groups is 1. The van der Waals surface area contributed by atoms with Gasteiger partial charge in [0.15, 0.2) is 0 Å². The number of rotatable bonds is 9. The van der Waals surface area contributed by atoms with Crippen molar-refractivity contribution < 1.29 is 14.6 Å². The number of hydrogen-bond acceptors (Lipinski definition) is 4. The number of aliphatic hydroxyl groups excluding tert-OH is 1. The van der Waals surface area contributed by atoms with Crippen LogP contribution >= 0.6 is 15.9 Å². The molecule has 0 atom stereocenters. The molecule has 3 rings (SSSR count). The Morgan fingerprint density at radius 1 is 1.16 bits per heavy atom. The van der Waals surface area contributed by atoms with Gasteiger partial charge in [-0.05, 0) is 114 Å². The minimum absolute atomic E-state index is 0.116. The second kappa shape index (κ2) is 12.2. The quantitative estimate of drug-likeness (QED) is 0.548. The molecule has 1 saturated carbocycles. The van der Waals surface area contributed by atoms with E-state index >= 15 is 0 Å². The molecule has 0 radical (unpaired) electrons. The number of likely N-dealkylation sites (tertiary alicyclic amines) is 1. The van der Waals surface area contributed by atoms with E-state index in [1.165, 1.54) is 61.8 Å². The lowest BCUT2D eigenvalue weighted by Gasteiger charge is -2.37. The summed E-state index contributed by atoms with van der Waals surface area (Å²) in [5, 5.41) is 9.18. The molecule has 31 heavy (non-hydrogen) atoms. The van der Waals surface area contributed by atoms with Crippen LogP contribution in [0.1, 0.15) is 57.4 Å². The van der Waals surface area contributed by atoms with Crippen LogP contribution < -0.4 is 4.74 Å². The highest BCUT2D eigenvalue weighted by molar-refractivity contribution is 9.10. The summed E-state index contributed by atoms with van der Waals surface area (Å²) in [4.78, 5) is 16.4. The van der Waals surface area contributed by atoms with Gasteiger partial charge in [0.25, 0.3) is 0 Å². The summed E-state index contributed by atoms with van der Waals surface area (Å²) in [6.07, 6.45) is 9.52. The average molecular weight is 496 g/mol. The Kier molecular flexibility index (Phi) is 9.67. The minimum Gasteiger partial charge on any atom is -0.497 e. The van der Waals surface area contributed by atoms with Crippen molar-refractivity contribution in [1.29, 1.82) is 0 Å². The highest BCUT2D eigenvalue weighted by Crippen LogP contribution is 2.32. The third-order valence-electron chi connectivity index (χ3n) is 7.38. The molecule has 2 aliphatic rings. The van der Waals surface area contributed by atoms with Gasteiger partial charge in [-0.25, -0.2) is 0 Å². The molecule has 1 aromatic rings. The van der Waals surface area contributed by atoms with Crippen molar-refractivity contribution in [2.24, 2.45) is 11.8 Å². The van der Waals surface area contributed by atoms with E-state index in [-0.39, 0.29) is 12.5 Å². The summed E-state index contributed by atoms with van der Waals surface area (Å²) < 4.78 is 6.58.